The van der Waals surface area contributed by atoms with Crippen molar-refractivity contribution >= 4 is 5.91 Å². The summed E-state index contributed by atoms with van der Waals surface area (Å²) in [6, 6.07) is 5.81. The molecule has 1 saturated carbocycles. The SMILES string of the molecule is Cc1ccc(C(N)=O)cc1C12CCCCC1(O)C(C)N(C)CC2. The lowest BCUT2D eigenvalue weighted by atomic mass is 9.53. The predicted molar refractivity (Wildman–Crippen MR) is 91.5 cm³/mol. The number of amides is 1. The van der Waals surface area contributed by atoms with Gasteiger partial charge in [0.15, 0.2) is 0 Å². The van der Waals surface area contributed by atoms with Gasteiger partial charge in [0.05, 0.1) is 5.60 Å². The molecule has 4 heteroatoms. The van der Waals surface area contributed by atoms with Crippen LogP contribution in [-0.2, 0) is 5.41 Å². The van der Waals surface area contributed by atoms with Gasteiger partial charge in [0.2, 0.25) is 5.91 Å². The molecule has 0 aromatic heterocycles. The third-order valence-corrected chi connectivity index (χ3v) is 6.52. The number of carbonyl (C=O) groups is 1. The number of aliphatic hydroxyl groups is 1. The molecule has 4 nitrogen and oxygen atoms in total. The number of benzene rings is 1. The molecule has 3 N–H and O–H groups in total. The van der Waals surface area contributed by atoms with Crippen molar-refractivity contribution in [1.82, 2.24) is 4.90 Å². The van der Waals surface area contributed by atoms with Gasteiger partial charge in [-0.1, -0.05) is 18.9 Å². The van der Waals surface area contributed by atoms with Crippen molar-refractivity contribution < 1.29 is 9.90 Å². The standard InChI is InChI=1S/C19H28N2O2/c1-13-6-7-15(17(20)22)12-16(13)18-8-4-5-9-19(18,23)14(2)21(3)11-10-18/h6-7,12,14,23H,4-5,8-11H2,1-3H3,(H2,20,22). The van der Waals surface area contributed by atoms with E-state index in [0.29, 0.717) is 5.56 Å². The number of likely N-dealkylation sites (N-methyl/N-ethyl adjacent to an activating group) is 1. The third kappa shape index (κ3) is 2.31. The Morgan fingerprint density at radius 2 is 2.00 bits per heavy atom. The average molecular weight is 316 g/mol. The Balaban J connectivity index is 2.18. The molecule has 126 valence electrons. The Kier molecular flexibility index (Phi) is 4.01. The van der Waals surface area contributed by atoms with Gasteiger partial charge in [0.25, 0.3) is 0 Å². The van der Waals surface area contributed by atoms with Crippen molar-refractivity contribution in [1.29, 1.82) is 0 Å². The van der Waals surface area contributed by atoms with Crippen LogP contribution in [0.5, 0.6) is 0 Å². The molecule has 1 saturated heterocycles. The highest BCUT2D eigenvalue weighted by Gasteiger charge is 2.58. The zero-order valence-electron chi connectivity index (χ0n) is 14.4. The quantitative estimate of drug-likeness (QED) is 0.880. The smallest absolute Gasteiger partial charge is 0.248 e. The van der Waals surface area contributed by atoms with Crippen LogP contribution in [0.15, 0.2) is 18.2 Å². The molecule has 0 bridgehead atoms. The molecule has 1 aromatic rings. The van der Waals surface area contributed by atoms with Gasteiger partial charge in [-0.3, -0.25) is 4.79 Å². The van der Waals surface area contributed by atoms with E-state index in [9.17, 15) is 9.90 Å². The fourth-order valence-corrected chi connectivity index (χ4v) is 4.95. The summed E-state index contributed by atoms with van der Waals surface area (Å²) in [6.07, 6.45) is 4.90. The minimum Gasteiger partial charge on any atom is -0.387 e. The van der Waals surface area contributed by atoms with Crippen LogP contribution in [0.4, 0.5) is 0 Å². The minimum atomic E-state index is -0.751. The van der Waals surface area contributed by atoms with Crippen LogP contribution < -0.4 is 5.73 Å². The summed E-state index contributed by atoms with van der Waals surface area (Å²) in [5.41, 5.74) is 7.29. The number of piperidine rings is 1. The van der Waals surface area contributed by atoms with E-state index in [-0.39, 0.29) is 11.5 Å². The summed E-state index contributed by atoms with van der Waals surface area (Å²) in [4.78, 5) is 13.9. The Morgan fingerprint density at radius 1 is 1.30 bits per heavy atom. The number of rotatable bonds is 2. The molecular formula is C19H28N2O2. The fraction of sp³-hybridized carbons (Fsp3) is 0.632. The van der Waals surface area contributed by atoms with Crippen LogP contribution in [0.2, 0.25) is 0 Å². The molecule has 1 heterocycles. The average Bonchev–Trinajstić information content (AvgIpc) is 2.52. The first-order chi connectivity index (χ1) is 10.8. The zero-order chi connectivity index (χ0) is 16.8. The molecular weight excluding hydrogens is 288 g/mol. The van der Waals surface area contributed by atoms with Crippen molar-refractivity contribution in [3.8, 4) is 0 Å². The number of primary amides is 1. The Hall–Kier alpha value is -1.39. The number of nitrogens with zero attached hydrogens (tertiary/aromatic N) is 1. The van der Waals surface area contributed by atoms with E-state index in [2.05, 4.69) is 25.8 Å². The van der Waals surface area contributed by atoms with Crippen LogP contribution in [0.1, 0.15) is 60.5 Å². The molecule has 1 amide bonds. The normalized spacial score (nSPS) is 34.9. The van der Waals surface area contributed by atoms with Crippen LogP contribution in [0.3, 0.4) is 0 Å². The molecule has 1 aliphatic carbocycles. The van der Waals surface area contributed by atoms with Gasteiger partial charge in [-0.25, -0.2) is 0 Å². The summed E-state index contributed by atoms with van der Waals surface area (Å²) in [7, 11) is 2.09. The van der Waals surface area contributed by atoms with Crippen LogP contribution >= 0.6 is 0 Å². The summed E-state index contributed by atoms with van der Waals surface area (Å²) in [6.45, 7) is 5.17. The minimum absolute atomic E-state index is 0.105. The van der Waals surface area contributed by atoms with Crippen LogP contribution in [-0.4, -0.2) is 41.1 Å². The van der Waals surface area contributed by atoms with Gasteiger partial charge < -0.3 is 15.7 Å². The first-order valence-corrected chi connectivity index (χ1v) is 8.65. The topological polar surface area (TPSA) is 66.6 Å². The maximum Gasteiger partial charge on any atom is 0.248 e. The maximum atomic E-state index is 11.7. The number of hydrogen-bond acceptors (Lipinski definition) is 3. The Labute approximate surface area is 138 Å². The van der Waals surface area contributed by atoms with E-state index in [1.165, 1.54) is 0 Å². The van der Waals surface area contributed by atoms with Gasteiger partial charge in [-0.15, -0.1) is 0 Å². The summed E-state index contributed by atoms with van der Waals surface area (Å²) >= 11 is 0. The number of fused-ring (bicyclic) bond motifs is 1. The van der Waals surface area contributed by atoms with Gasteiger partial charge in [0, 0.05) is 17.0 Å². The van der Waals surface area contributed by atoms with Gasteiger partial charge in [0.1, 0.15) is 0 Å². The van der Waals surface area contributed by atoms with Gasteiger partial charge in [-0.2, -0.15) is 0 Å². The maximum absolute atomic E-state index is 11.7. The molecule has 0 spiro atoms. The molecule has 3 unspecified atom stereocenters. The van der Waals surface area contributed by atoms with E-state index in [0.717, 1.165) is 49.8 Å². The number of nitrogens with two attached hydrogens (primary N) is 1. The molecule has 3 rings (SSSR count). The zero-order valence-corrected chi connectivity index (χ0v) is 14.4. The highest BCUT2D eigenvalue weighted by Crippen LogP contribution is 2.54. The van der Waals surface area contributed by atoms with Gasteiger partial charge >= 0.3 is 0 Å². The molecule has 1 aliphatic heterocycles. The van der Waals surface area contributed by atoms with Crippen molar-refractivity contribution in [2.75, 3.05) is 13.6 Å². The van der Waals surface area contributed by atoms with E-state index in [1.807, 2.05) is 12.1 Å². The number of hydrogen-bond donors (Lipinski definition) is 2. The number of likely N-dealkylation sites (tertiary alicyclic amines) is 1. The lowest BCUT2D eigenvalue weighted by Gasteiger charge is -2.60. The molecule has 2 fully saturated rings. The second-order valence-corrected chi connectivity index (χ2v) is 7.51. The summed E-state index contributed by atoms with van der Waals surface area (Å²) < 4.78 is 0. The first-order valence-electron chi connectivity index (χ1n) is 8.65. The molecule has 23 heavy (non-hydrogen) atoms. The second-order valence-electron chi connectivity index (χ2n) is 7.51. The Bertz CT molecular complexity index is 630. The lowest BCUT2D eigenvalue weighted by Crippen LogP contribution is -2.68. The van der Waals surface area contributed by atoms with Crippen molar-refractivity contribution in [3.05, 3.63) is 34.9 Å². The highest BCUT2D eigenvalue weighted by atomic mass is 16.3. The molecule has 2 aliphatic rings. The van der Waals surface area contributed by atoms with Gasteiger partial charge in [-0.05, 0) is 70.0 Å². The van der Waals surface area contributed by atoms with E-state index < -0.39 is 11.5 Å². The van der Waals surface area contributed by atoms with E-state index in [1.54, 1.807) is 6.07 Å². The van der Waals surface area contributed by atoms with Crippen molar-refractivity contribution in [3.63, 3.8) is 0 Å². The number of carbonyl (C=O) groups excluding carboxylic acids is 1. The van der Waals surface area contributed by atoms with E-state index >= 15 is 0 Å². The monoisotopic (exact) mass is 316 g/mol. The van der Waals surface area contributed by atoms with E-state index in [4.69, 9.17) is 5.73 Å². The largest absolute Gasteiger partial charge is 0.387 e. The van der Waals surface area contributed by atoms with Crippen LogP contribution in [0.25, 0.3) is 0 Å². The first kappa shape index (κ1) is 16.5. The summed E-state index contributed by atoms with van der Waals surface area (Å²) in [5.74, 6) is -0.400. The number of aryl methyl sites for hydroxylation is 1. The Morgan fingerprint density at radius 3 is 2.70 bits per heavy atom. The van der Waals surface area contributed by atoms with Crippen molar-refractivity contribution in [2.45, 2.75) is 63.0 Å². The van der Waals surface area contributed by atoms with Crippen molar-refractivity contribution in [2.24, 2.45) is 5.73 Å². The molecule has 0 radical (unpaired) electrons. The fourth-order valence-electron chi connectivity index (χ4n) is 4.95. The lowest BCUT2D eigenvalue weighted by molar-refractivity contribution is -0.148. The molecule has 1 aromatic carbocycles. The third-order valence-electron chi connectivity index (χ3n) is 6.52. The highest BCUT2D eigenvalue weighted by molar-refractivity contribution is 5.93. The predicted octanol–water partition coefficient (Wildman–Crippen LogP) is 2.36. The molecule has 3 atom stereocenters. The summed E-state index contributed by atoms with van der Waals surface area (Å²) in [5, 5.41) is 11.7. The second kappa shape index (κ2) is 5.60. The van der Waals surface area contributed by atoms with Crippen LogP contribution in [0, 0.1) is 6.92 Å².